The highest BCUT2D eigenvalue weighted by atomic mass is 32.2. The summed E-state index contributed by atoms with van der Waals surface area (Å²) in [6, 6.07) is 5.41. The van der Waals surface area contributed by atoms with Crippen LogP contribution in [0.1, 0.15) is 36.7 Å². The van der Waals surface area contributed by atoms with Gasteiger partial charge in [0.2, 0.25) is 15.9 Å². The third-order valence-electron chi connectivity index (χ3n) is 4.58. The van der Waals surface area contributed by atoms with E-state index in [4.69, 9.17) is 0 Å². The molecule has 0 aliphatic carbocycles. The molecule has 0 unspecified atom stereocenters. The summed E-state index contributed by atoms with van der Waals surface area (Å²) >= 11 is 0. The number of aromatic nitrogens is 2. The molecule has 1 aliphatic heterocycles. The summed E-state index contributed by atoms with van der Waals surface area (Å²) in [5, 5.41) is 3.43. The third kappa shape index (κ3) is 3.72. The number of nitrogens with zero attached hydrogens (tertiary/aromatic N) is 3. The second-order valence-electron chi connectivity index (χ2n) is 6.25. The zero-order valence-corrected chi connectivity index (χ0v) is 15.8. The number of halogens is 2. The molecule has 146 valence electrons. The average molecular weight is 398 g/mol. The molecule has 1 aromatic heterocycles. The zero-order valence-electron chi connectivity index (χ0n) is 14.9. The molecule has 10 heteroatoms. The molecule has 0 saturated heterocycles. The second kappa shape index (κ2) is 7.35. The lowest BCUT2D eigenvalue weighted by molar-refractivity contribution is -0.118. The van der Waals surface area contributed by atoms with E-state index in [2.05, 4.69) is 9.82 Å². The molecule has 0 fully saturated rings. The third-order valence-corrected chi connectivity index (χ3v) is 6.09. The predicted octanol–water partition coefficient (Wildman–Crippen LogP) is 2.36. The predicted molar refractivity (Wildman–Crippen MR) is 95.0 cm³/mol. The first-order chi connectivity index (χ1) is 12.7. The van der Waals surface area contributed by atoms with Crippen molar-refractivity contribution in [2.45, 2.75) is 44.7 Å². The van der Waals surface area contributed by atoms with Crippen LogP contribution in [-0.2, 0) is 27.8 Å². The van der Waals surface area contributed by atoms with Gasteiger partial charge in [-0.25, -0.2) is 17.8 Å². The molecular weight excluding hydrogens is 378 g/mol. The Morgan fingerprint density at radius 2 is 2.11 bits per heavy atom. The van der Waals surface area contributed by atoms with Gasteiger partial charge < -0.3 is 4.90 Å². The Balaban J connectivity index is 1.75. The van der Waals surface area contributed by atoms with Gasteiger partial charge in [-0.2, -0.15) is 13.9 Å². The van der Waals surface area contributed by atoms with E-state index in [-0.39, 0.29) is 23.0 Å². The van der Waals surface area contributed by atoms with Crippen molar-refractivity contribution in [2.75, 3.05) is 11.4 Å². The van der Waals surface area contributed by atoms with Gasteiger partial charge in [0.15, 0.2) is 0 Å². The zero-order chi connectivity index (χ0) is 19.8. The molecule has 0 saturated carbocycles. The minimum Gasteiger partial charge on any atom is -0.312 e. The Morgan fingerprint density at radius 1 is 1.37 bits per heavy atom. The molecule has 0 atom stereocenters. The van der Waals surface area contributed by atoms with Gasteiger partial charge in [-0.3, -0.25) is 4.79 Å². The highest BCUT2D eigenvalue weighted by molar-refractivity contribution is 7.89. The van der Waals surface area contributed by atoms with E-state index >= 15 is 0 Å². The number of sulfonamides is 1. The number of benzene rings is 1. The topological polar surface area (TPSA) is 84.3 Å². The summed E-state index contributed by atoms with van der Waals surface area (Å²) in [6.07, 6.45) is 2.05. The van der Waals surface area contributed by atoms with Crippen molar-refractivity contribution < 1.29 is 22.0 Å². The second-order valence-corrected chi connectivity index (χ2v) is 7.99. The number of nitrogens with one attached hydrogen (secondary N) is 1. The summed E-state index contributed by atoms with van der Waals surface area (Å²) in [4.78, 5) is 13.4. The molecule has 27 heavy (non-hydrogen) atoms. The molecule has 3 rings (SSSR count). The Hall–Kier alpha value is -2.33. The van der Waals surface area contributed by atoms with Crippen LogP contribution in [0.15, 0.2) is 29.3 Å². The number of carbonyl (C=O) groups excluding carboxylic acids is 1. The first kappa shape index (κ1) is 19.4. The molecule has 1 N–H and O–H groups in total. The maximum absolute atomic E-state index is 12.8. The summed E-state index contributed by atoms with van der Waals surface area (Å²) in [7, 11) is -3.98. The number of rotatable bonds is 6. The molecule has 2 heterocycles. The van der Waals surface area contributed by atoms with Crippen LogP contribution in [0, 0.1) is 6.92 Å². The van der Waals surface area contributed by atoms with Crippen LogP contribution in [-0.4, -0.2) is 30.7 Å². The Morgan fingerprint density at radius 3 is 2.74 bits per heavy atom. The van der Waals surface area contributed by atoms with Crippen LogP contribution in [0.3, 0.4) is 0 Å². The number of amides is 1. The summed E-state index contributed by atoms with van der Waals surface area (Å²) in [6.45, 7) is 0.809. The maximum atomic E-state index is 12.8. The fourth-order valence-corrected chi connectivity index (χ4v) is 4.32. The number of carbonyl (C=O) groups is 1. The van der Waals surface area contributed by atoms with Gasteiger partial charge in [0.1, 0.15) is 4.90 Å². The lowest BCUT2D eigenvalue weighted by Gasteiger charge is -2.16. The number of hydrogen-bond acceptors (Lipinski definition) is 4. The number of hydrogen-bond donors (Lipinski definition) is 1. The van der Waals surface area contributed by atoms with E-state index < -0.39 is 16.6 Å². The largest absolute Gasteiger partial charge is 0.333 e. The van der Waals surface area contributed by atoms with Crippen molar-refractivity contribution in [3.63, 3.8) is 0 Å². The van der Waals surface area contributed by atoms with Crippen molar-refractivity contribution >= 4 is 21.6 Å². The van der Waals surface area contributed by atoms with Crippen LogP contribution in [0.25, 0.3) is 0 Å². The maximum Gasteiger partial charge on any atom is 0.333 e. The Bertz CT molecular complexity index is 973. The van der Waals surface area contributed by atoms with E-state index in [9.17, 15) is 22.0 Å². The van der Waals surface area contributed by atoms with Gasteiger partial charge in [0, 0.05) is 25.2 Å². The van der Waals surface area contributed by atoms with Gasteiger partial charge in [-0.15, -0.1) is 0 Å². The van der Waals surface area contributed by atoms with Crippen molar-refractivity contribution in [1.29, 1.82) is 0 Å². The quantitative estimate of drug-likeness (QED) is 0.810. The number of alkyl halides is 2. The SMILES string of the molecule is CCC(=O)N1CCc2cc(CNS(=O)(=O)c3cnn(C(F)F)c3C)ccc21. The lowest BCUT2D eigenvalue weighted by Crippen LogP contribution is -2.27. The monoisotopic (exact) mass is 398 g/mol. The van der Waals surface area contributed by atoms with Gasteiger partial charge in [-0.1, -0.05) is 19.1 Å². The Kier molecular flexibility index (Phi) is 5.29. The molecule has 1 aromatic carbocycles. The van der Waals surface area contributed by atoms with Crippen LogP contribution in [0.4, 0.5) is 14.5 Å². The van der Waals surface area contributed by atoms with Crippen LogP contribution in [0.2, 0.25) is 0 Å². The molecule has 7 nitrogen and oxygen atoms in total. The standard InChI is InChI=1S/C17H20F2N4O3S/c1-3-16(24)22-7-6-13-8-12(4-5-14(13)22)9-21-27(25,26)15-10-20-23(11(15)2)17(18)19/h4-5,8,10,17,21H,3,6-7,9H2,1-2H3. The highest BCUT2D eigenvalue weighted by Gasteiger charge is 2.25. The van der Waals surface area contributed by atoms with E-state index in [0.29, 0.717) is 24.1 Å². The molecule has 0 bridgehead atoms. The van der Waals surface area contributed by atoms with Crippen molar-refractivity contribution in [3.8, 4) is 0 Å². The van der Waals surface area contributed by atoms with E-state index in [0.717, 1.165) is 23.0 Å². The van der Waals surface area contributed by atoms with E-state index in [1.54, 1.807) is 17.0 Å². The average Bonchev–Trinajstić information content (AvgIpc) is 3.22. The summed E-state index contributed by atoms with van der Waals surface area (Å²) in [5.74, 6) is 0.0497. The minimum atomic E-state index is -3.98. The smallest absolute Gasteiger partial charge is 0.312 e. The Labute approximate surface area is 156 Å². The number of anilines is 1. The van der Waals surface area contributed by atoms with Crippen LogP contribution in [0.5, 0.6) is 0 Å². The first-order valence-electron chi connectivity index (χ1n) is 8.48. The molecule has 1 aliphatic rings. The van der Waals surface area contributed by atoms with Gasteiger partial charge in [-0.05, 0) is 30.5 Å². The van der Waals surface area contributed by atoms with Crippen molar-refractivity contribution in [3.05, 3.63) is 41.2 Å². The molecule has 0 spiro atoms. The van der Waals surface area contributed by atoms with Gasteiger partial charge >= 0.3 is 6.55 Å². The van der Waals surface area contributed by atoms with Gasteiger partial charge in [0.05, 0.1) is 11.9 Å². The van der Waals surface area contributed by atoms with Gasteiger partial charge in [0.25, 0.3) is 0 Å². The fraction of sp³-hybridized carbons (Fsp3) is 0.412. The first-order valence-corrected chi connectivity index (χ1v) is 9.97. The molecule has 1 amide bonds. The van der Waals surface area contributed by atoms with E-state index in [1.807, 2.05) is 13.0 Å². The molecule has 2 aromatic rings. The lowest BCUT2D eigenvalue weighted by atomic mass is 10.1. The normalized spacial score (nSPS) is 14.0. The summed E-state index contributed by atoms with van der Waals surface area (Å²) < 4.78 is 53.2. The molecular formula is C17H20F2N4O3S. The van der Waals surface area contributed by atoms with Crippen LogP contribution >= 0.6 is 0 Å². The fourth-order valence-electron chi connectivity index (χ4n) is 3.14. The number of fused-ring (bicyclic) bond motifs is 1. The van der Waals surface area contributed by atoms with E-state index in [1.165, 1.54) is 6.92 Å². The highest BCUT2D eigenvalue weighted by Crippen LogP contribution is 2.29. The molecule has 0 radical (unpaired) electrons. The van der Waals surface area contributed by atoms with Crippen molar-refractivity contribution in [1.82, 2.24) is 14.5 Å². The van der Waals surface area contributed by atoms with Crippen LogP contribution < -0.4 is 9.62 Å². The summed E-state index contributed by atoms with van der Waals surface area (Å²) in [5.41, 5.74) is 2.43. The minimum absolute atomic E-state index is 0.0106. The van der Waals surface area contributed by atoms with Crippen molar-refractivity contribution in [2.24, 2.45) is 0 Å².